The highest BCUT2D eigenvalue weighted by molar-refractivity contribution is 7.07. The van der Waals surface area contributed by atoms with Crippen molar-refractivity contribution in [2.24, 2.45) is 0 Å². The second kappa shape index (κ2) is 6.54. The number of alkyl carbamates (subject to hydrolysis) is 1. The zero-order valence-corrected chi connectivity index (χ0v) is 13.2. The van der Waals surface area contributed by atoms with E-state index in [2.05, 4.69) is 20.6 Å². The van der Waals surface area contributed by atoms with Crippen LogP contribution in [0.2, 0.25) is 0 Å². The van der Waals surface area contributed by atoms with Crippen LogP contribution in [0.3, 0.4) is 0 Å². The predicted molar refractivity (Wildman–Crippen MR) is 79.8 cm³/mol. The first-order chi connectivity index (χ1) is 9.42. The third-order valence-corrected chi connectivity index (χ3v) is 3.81. The molecule has 0 spiro atoms. The van der Waals surface area contributed by atoms with Crippen LogP contribution in [0.5, 0.6) is 0 Å². The van der Waals surface area contributed by atoms with Crippen molar-refractivity contribution in [1.82, 2.24) is 15.2 Å². The van der Waals surface area contributed by atoms with Crippen LogP contribution in [0.15, 0.2) is 10.9 Å². The van der Waals surface area contributed by atoms with Crippen LogP contribution < -0.4 is 5.32 Å². The molecule has 0 aromatic carbocycles. The van der Waals surface area contributed by atoms with Gasteiger partial charge in [-0.1, -0.05) is 0 Å². The number of rotatable bonds is 3. The van der Waals surface area contributed by atoms with Crippen LogP contribution in [0.4, 0.5) is 4.79 Å². The maximum absolute atomic E-state index is 11.7. The number of nitrogens with one attached hydrogen (secondary N) is 1. The third kappa shape index (κ3) is 5.09. The standard InChI is InChI=1S/C14H23N3O2S/c1-14(2,3)19-13(18)16-11-4-6-17(7-5-11)8-12-9-20-10-15-12/h9-11H,4-8H2,1-3H3,(H,16,18). The number of aromatic nitrogens is 1. The third-order valence-electron chi connectivity index (χ3n) is 3.18. The Labute approximate surface area is 124 Å². The molecule has 0 radical (unpaired) electrons. The molecule has 5 nitrogen and oxygen atoms in total. The smallest absolute Gasteiger partial charge is 0.407 e. The van der Waals surface area contributed by atoms with Gasteiger partial charge in [-0.3, -0.25) is 4.90 Å². The van der Waals surface area contributed by atoms with Crippen molar-refractivity contribution in [3.8, 4) is 0 Å². The van der Waals surface area contributed by atoms with E-state index in [1.54, 1.807) is 11.3 Å². The first-order valence-corrected chi connectivity index (χ1v) is 7.95. The number of amides is 1. The summed E-state index contributed by atoms with van der Waals surface area (Å²) in [5, 5.41) is 5.04. The lowest BCUT2D eigenvalue weighted by Gasteiger charge is -2.32. The molecule has 0 aliphatic carbocycles. The lowest BCUT2D eigenvalue weighted by atomic mass is 10.1. The fourth-order valence-corrected chi connectivity index (χ4v) is 2.80. The van der Waals surface area contributed by atoms with Crippen LogP contribution in [-0.2, 0) is 11.3 Å². The van der Waals surface area contributed by atoms with Crippen molar-refractivity contribution in [1.29, 1.82) is 0 Å². The molecule has 1 aliphatic heterocycles. The molecule has 1 aromatic heterocycles. The van der Waals surface area contributed by atoms with E-state index < -0.39 is 5.60 Å². The molecule has 0 unspecified atom stereocenters. The minimum absolute atomic E-state index is 0.219. The lowest BCUT2D eigenvalue weighted by molar-refractivity contribution is 0.0477. The first-order valence-electron chi connectivity index (χ1n) is 7.01. The molecular formula is C14H23N3O2S. The average molecular weight is 297 g/mol. The fourth-order valence-electron chi connectivity index (χ4n) is 2.25. The summed E-state index contributed by atoms with van der Waals surface area (Å²) < 4.78 is 5.28. The number of hydrogen-bond donors (Lipinski definition) is 1. The Balaban J connectivity index is 1.70. The molecule has 1 N–H and O–H groups in total. The molecular weight excluding hydrogens is 274 g/mol. The van der Waals surface area contributed by atoms with E-state index in [1.165, 1.54) is 0 Å². The SMILES string of the molecule is CC(C)(C)OC(=O)NC1CCN(Cc2cscn2)CC1. The molecule has 1 aromatic rings. The number of hydrogen-bond acceptors (Lipinski definition) is 5. The Hall–Kier alpha value is -1.14. The molecule has 1 fully saturated rings. The van der Waals surface area contributed by atoms with Gasteiger partial charge in [-0.25, -0.2) is 9.78 Å². The van der Waals surface area contributed by atoms with E-state index in [1.807, 2.05) is 26.3 Å². The molecule has 20 heavy (non-hydrogen) atoms. The van der Waals surface area contributed by atoms with Gasteiger partial charge in [-0.15, -0.1) is 11.3 Å². The number of ether oxygens (including phenoxy) is 1. The van der Waals surface area contributed by atoms with Crippen LogP contribution in [0, 0.1) is 0 Å². The van der Waals surface area contributed by atoms with Crippen molar-refractivity contribution in [2.75, 3.05) is 13.1 Å². The van der Waals surface area contributed by atoms with Crippen LogP contribution in [0.1, 0.15) is 39.3 Å². The Morgan fingerprint density at radius 3 is 2.75 bits per heavy atom. The highest BCUT2D eigenvalue weighted by Crippen LogP contribution is 2.15. The Kier molecular flexibility index (Phi) is 4.99. The maximum atomic E-state index is 11.7. The topological polar surface area (TPSA) is 54.5 Å². The normalized spacial score (nSPS) is 17.9. The van der Waals surface area contributed by atoms with Gasteiger partial charge in [0.1, 0.15) is 5.60 Å². The molecule has 0 atom stereocenters. The van der Waals surface area contributed by atoms with Gasteiger partial charge in [0, 0.05) is 31.1 Å². The van der Waals surface area contributed by atoms with Gasteiger partial charge in [0.05, 0.1) is 11.2 Å². The average Bonchev–Trinajstić information content (AvgIpc) is 2.82. The van der Waals surface area contributed by atoms with Crippen molar-refractivity contribution >= 4 is 17.4 Å². The molecule has 0 saturated carbocycles. The number of carbonyl (C=O) groups is 1. The zero-order chi connectivity index (χ0) is 14.6. The molecule has 6 heteroatoms. The molecule has 1 saturated heterocycles. The second-order valence-corrected chi connectivity index (χ2v) is 6.90. The van der Waals surface area contributed by atoms with Gasteiger partial charge in [0.15, 0.2) is 0 Å². The van der Waals surface area contributed by atoms with E-state index in [4.69, 9.17) is 4.74 Å². The summed E-state index contributed by atoms with van der Waals surface area (Å²) in [4.78, 5) is 18.4. The summed E-state index contributed by atoms with van der Waals surface area (Å²) in [6, 6.07) is 0.219. The number of nitrogens with zero attached hydrogens (tertiary/aromatic N) is 2. The largest absolute Gasteiger partial charge is 0.444 e. The van der Waals surface area contributed by atoms with Gasteiger partial charge in [0.2, 0.25) is 0 Å². The highest BCUT2D eigenvalue weighted by atomic mass is 32.1. The Morgan fingerprint density at radius 2 is 2.20 bits per heavy atom. The molecule has 0 bridgehead atoms. The van der Waals surface area contributed by atoms with E-state index in [0.29, 0.717) is 0 Å². The van der Waals surface area contributed by atoms with Gasteiger partial charge in [-0.05, 0) is 33.6 Å². The number of likely N-dealkylation sites (tertiary alicyclic amines) is 1. The molecule has 1 amide bonds. The predicted octanol–water partition coefficient (Wildman–Crippen LogP) is 2.63. The molecule has 2 rings (SSSR count). The van der Waals surface area contributed by atoms with E-state index in [-0.39, 0.29) is 12.1 Å². The van der Waals surface area contributed by atoms with Gasteiger partial charge < -0.3 is 10.1 Å². The molecule has 1 aliphatic rings. The van der Waals surface area contributed by atoms with Crippen molar-refractivity contribution in [3.05, 3.63) is 16.6 Å². The second-order valence-electron chi connectivity index (χ2n) is 6.18. The first kappa shape index (κ1) is 15.3. The van der Waals surface area contributed by atoms with Crippen molar-refractivity contribution in [2.45, 2.75) is 51.8 Å². The number of thiazole rings is 1. The summed E-state index contributed by atoms with van der Waals surface area (Å²) in [5.74, 6) is 0. The number of carbonyl (C=O) groups excluding carboxylic acids is 1. The number of piperidine rings is 1. The van der Waals surface area contributed by atoms with Gasteiger partial charge in [-0.2, -0.15) is 0 Å². The van der Waals surface area contributed by atoms with Crippen LogP contribution in [0.25, 0.3) is 0 Å². The Morgan fingerprint density at radius 1 is 1.50 bits per heavy atom. The summed E-state index contributed by atoms with van der Waals surface area (Å²) >= 11 is 1.63. The van der Waals surface area contributed by atoms with Gasteiger partial charge >= 0.3 is 6.09 Å². The Bertz CT molecular complexity index is 420. The maximum Gasteiger partial charge on any atom is 0.407 e. The summed E-state index contributed by atoms with van der Waals surface area (Å²) in [6.07, 6.45) is 1.61. The minimum Gasteiger partial charge on any atom is -0.444 e. The fraction of sp³-hybridized carbons (Fsp3) is 0.714. The quantitative estimate of drug-likeness (QED) is 0.932. The highest BCUT2D eigenvalue weighted by Gasteiger charge is 2.23. The molecule has 2 heterocycles. The van der Waals surface area contributed by atoms with E-state index in [0.717, 1.165) is 38.2 Å². The van der Waals surface area contributed by atoms with Crippen LogP contribution in [-0.4, -0.2) is 40.7 Å². The summed E-state index contributed by atoms with van der Waals surface area (Å²) in [7, 11) is 0. The van der Waals surface area contributed by atoms with Crippen molar-refractivity contribution < 1.29 is 9.53 Å². The van der Waals surface area contributed by atoms with Crippen LogP contribution >= 0.6 is 11.3 Å². The van der Waals surface area contributed by atoms with Gasteiger partial charge in [0.25, 0.3) is 0 Å². The molecule has 112 valence electrons. The van der Waals surface area contributed by atoms with E-state index in [9.17, 15) is 4.79 Å². The lowest BCUT2D eigenvalue weighted by Crippen LogP contribution is -2.45. The van der Waals surface area contributed by atoms with Crippen molar-refractivity contribution in [3.63, 3.8) is 0 Å². The van der Waals surface area contributed by atoms with E-state index >= 15 is 0 Å². The summed E-state index contributed by atoms with van der Waals surface area (Å²) in [6.45, 7) is 8.51. The summed E-state index contributed by atoms with van der Waals surface area (Å²) in [5.41, 5.74) is 2.57. The zero-order valence-electron chi connectivity index (χ0n) is 12.4. The minimum atomic E-state index is -0.435. The monoisotopic (exact) mass is 297 g/mol.